The Morgan fingerprint density at radius 2 is 1.62 bits per heavy atom. The number of ether oxygens (including phenoxy) is 1. The van der Waals surface area contributed by atoms with Gasteiger partial charge in [0.25, 0.3) is 0 Å². The van der Waals surface area contributed by atoms with Gasteiger partial charge in [-0.1, -0.05) is 0 Å². The first-order valence-corrected chi connectivity index (χ1v) is 4.53. The van der Waals surface area contributed by atoms with Crippen molar-refractivity contribution >= 4 is 5.97 Å². The van der Waals surface area contributed by atoms with Crippen LogP contribution >= 0.6 is 0 Å². The van der Waals surface area contributed by atoms with E-state index < -0.39 is 43.3 Å². The van der Waals surface area contributed by atoms with Gasteiger partial charge in [0.1, 0.15) is 24.4 Å². The molecule has 8 nitrogen and oxygen atoms in total. The Labute approximate surface area is 91.3 Å². The summed E-state index contributed by atoms with van der Waals surface area (Å²) in [4.78, 5) is 10.8. The third kappa shape index (κ3) is 4.39. The maximum absolute atomic E-state index is 10.8. The number of carbonyl (C=O) groups is 1. The molecule has 96 valence electrons. The number of carbonyl (C=O) groups excluding carboxylic acids is 1. The minimum absolute atomic E-state index is 0.838. The van der Waals surface area contributed by atoms with E-state index in [0.717, 1.165) is 6.92 Å². The molecule has 0 aliphatic rings. The number of aliphatic hydroxyl groups excluding tert-OH is 6. The Kier molecular flexibility index (Phi) is 6.41. The lowest BCUT2D eigenvalue weighted by atomic mass is 10.1. The van der Waals surface area contributed by atoms with Crippen molar-refractivity contribution in [2.45, 2.75) is 37.6 Å². The third-order valence-electron chi connectivity index (χ3n) is 1.80. The second kappa shape index (κ2) is 6.74. The van der Waals surface area contributed by atoms with Gasteiger partial charge in [-0.05, 0) is 6.92 Å². The lowest BCUT2D eigenvalue weighted by Gasteiger charge is -2.25. The molecular formula is C8H16O8. The monoisotopic (exact) mass is 240 g/mol. The average Bonchev–Trinajstić information content (AvgIpc) is 2.25. The van der Waals surface area contributed by atoms with Crippen LogP contribution in [0.25, 0.3) is 0 Å². The highest BCUT2D eigenvalue weighted by Gasteiger charge is 2.32. The summed E-state index contributed by atoms with van der Waals surface area (Å²) in [6, 6.07) is 0. The van der Waals surface area contributed by atoms with Gasteiger partial charge in [0.15, 0.2) is 0 Å². The molecule has 0 spiro atoms. The fourth-order valence-electron chi connectivity index (χ4n) is 0.791. The summed E-state index contributed by atoms with van der Waals surface area (Å²) in [6.07, 6.45) is -9.18. The topological polar surface area (TPSA) is 148 Å². The van der Waals surface area contributed by atoms with Gasteiger partial charge in [0, 0.05) is 0 Å². The molecular weight excluding hydrogens is 224 g/mol. The molecule has 0 saturated carbocycles. The van der Waals surface area contributed by atoms with Crippen LogP contribution in [0.3, 0.4) is 0 Å². The van der Waals surface area contributed by atoms with Gasteiger partial charge in [-0.15, -0.1) is 0 Å². The van der Waals surface area contributed by atoms with Crippen LogP contribution in [0.1, 0.15) is 6.92 Å². The molecule has 5 atom stereocenters. The fraction of sp³-hybridized carbons (Fsp3) is 0.875. The Hall–Kier alpha value is -0.770. The predicted molar refractivity (Wildman–Crippen MR) is 48.9 cm³/mol. The molecule has 0 aromatic carbocycles. The van der Waals surface area contributed by atoms with Crippen LogP contribution < -0.4 is 0 Å². The SMILES string of the molecule is CC(O)C(=O)OC(O)[C@@H](O)[C@H](O)[C@H](O)CO. The van der Waals surface area contributed by atoms with Crippen molar-refractivity contribution in [3.63, 3.8) is 0 Å². The molecule has 0 aliphatic carbocycles. The van der Waals surface area contributed by atoms with E-state index in [1.54, 1.807) is 0 Å². The highest BCUT2D eigenvalue weighted by atomic mass is 16.7. The van der Waals surface area contributed by atoms with E-state index in [1.807, 2.05) is 0 Å². The zero-order chi connectivity index (χ0) is 12.9. The summed E-state index contributed by atoms with van der Waals surface area (Å²) < 4.78 is 4.15. The summed E-state index contributed by atoms with van der Waals surface area (Å²) in [7, 11) is 0. The molecule has 0 bridgehead atoms. The van der Waals surface area contributed by atoms with Crippen LogP contribution in [-0.2, 0) is 9.53 Å². The predicted octanol–water partition coefficient (Wildman–Crippen LogP) is -3.70. The number of rotatable bonds is 6. The Bertz CT molecular complexity index is 218. The number of hydrogen-bond acceptors (Lipinski definition) is 8. The fourth-order valence-corrected chi connectivity index (χ4v) is 0.791. The van der Waals surface area contributed by atoms with Gasteiger partial charge in [0.2, 0.25) is 6.29 Å². The van der Waals surface area contributed by atoms with Crippen molar-refractivity contribution in [1.82, 2.24) is 0 Å². The Morgan fingerprint density at radius 3 is 2.00 bits per heavy atom. The van der Waals surface area contributed by atoms with Crippen molar-refractivity contribution in [3.8, 4) is 0 Å². The molecule has 2 unspecified atom stereocenters. The molecule has 0 aromatic heterocycles. The summed E-state index contributed by atoms with van der Waals surface area (Å²) in [5.41, 5.74) is 0. The minimum atomic E-state index is -2.11. The average molecular weight is 240 g/mol. The van der Waals surface area contributed by atoms with Crippen molar-refractivity contribution in [2.75, 3.05) is 6.61 Å². The number of hydrogen-bond donors (Lipinski definition) is 6. The molecule has 8 heteroatoms. The van der Waals surface area contributed by atoms with Gasteiger partial charge in [-0.2, -0.15) is 0 Å². The zero-order valence-electron chi connectivity index (χ0n) is 8.59. The molecule has 0 radical (unpaired) electrons. The summed E-state index contributed by atoms with van der Waals surface area (Å²) in [5, 5.41) is 53.5. The van der Waals surface area contributed by atoms with Crippen molar-refractivity contribution in [3.05, 3.63) is 0 Å². The van der Waals surface area contributed by atoms with E-state index in [2.05, 4.69) is 4.74 Å². The number of aliphatic hydroxyl groups is 6. The normalized spacial score (nSPS) is 20.7. The van der Waals surface area contributed by atoms with Crippen LogP contribution in [0, 0.1) is 0 Å². The smallest absolute Gasteiger partial charge is 0.337 e. The van der Waals surface area contributed by atoms with E-state index in [9.17, 15) is 9.90 Å². The van der Waals surface area contributed by atoms with Crippen LogP contribution in [-0.4, -0.2) is 73.9 Å². The summed E-state index contributed by atoms with van der Waals surface area (Å²) in [5.74, 6) is -1.20. The minimum Gasteiger partial charge on any atom is -0.431 e. The standard InChI is InChI=1S/C8H16O8/c1-3(10)7(14)16-8(15)6(13)5(12)4(11)2-9/h3-6,8-13,15H,2H2,1H3/t3?,4-,5-,6+,8?/m1/s1. The second-order valence-corrected chi connectivity index (χ2v) is 3.23. The van der Waals surface area contributed by atoms with E-state index in [4.69, 9.17) is 25.5 Å². The van der Waals surface area contributed by atoms with Gasteiger partial charge < -0.3 is 35.4 Å². The van der Waals surface area contributed by atoms with E-state index >= 15 is 0 Å². The van der Waals surface area contributed by atoms with Crippen LogP contribution in [0.5, 0.6) is 0 Å². The van der Waals surface area contributed by atoms with E-state index in [-0.39, 0.29) is 0 Å². The summed E-state index contributed by atoms with van der Waals surface area (Å²) in [6.45, 7) is 0.246. The molecule has 0 saturated heterocycles. The van der Waals surface area contributed by atoms with Gasteiger partial charge in [-0.25, -0.2) is 4.79 Å². The Morgan fingerprint density at radius 1 is 1.12 bits per heavy atom. The quantitative estimate of drug-likeness (QED) is 0.205. The summed E-state index contributed by atoms with van der Waals surface area (Å²) >= 11 is 0. The first-order chi connectivity index (χ1) is 7.31. The van der Waals surface area contributed by atoms with E-state index in [0.29, 0.717) is 0 Å². The molecule has 0 aliphatic heterocycles. The highest BCUT2D eigenvalue weighted by molar-refractivity contribution is 5.73. The van der Waals surface area contributed by atoms with Crippen LogP contribution in [0.2, 0.25) is 0 Å². The van der Waals surface area contributed by atoms with Crippen molar-refractivity contribution < 1.29 is 40.2 Å². The van der Waals surface area contributed by atoms with E-state index in [1.165, 1.54) is 0 Å². The molecule has 0 fully saturated rings. The largest absolute Gasteiger partial charge is 0.431 e. The zero-order valence-corrected chi connectivity index (χ0v) is 8.59. The molecule has 16 heavy (non-hydrogen) atoms. The van der Waals surface area contributed by atoms with Crippen molar-refractivity contribution in [1.29, 1.82) is 0 Å². The molecule has 6 N–H and O–H groups in total. The van der Waals surface area contributed by atoms with Crippen LogP contribution in [0.4, 0.5) is 0 Å². The molecule has 0 rings (SSSR count). The first-order valence-electron chi connectivity index (χ1n) is 4.53. The third-order valence-corrected chi connectivity index (χ3v) is 1.80. The lowest BCUT2D eigenvalue weighted by molar-refractivity contribution is -0.214. The first kappa shape index (κ1) is 15.2. The maximum Gasteiger partial charge on any atom is 0.337 e. The Balaban J connectivity index is 4.27. The van der Waals surface area contributed by atoms with Crippen LogP contribution in [0.15, 0.2) is 0 Å². The van der Waals surface area contributed by atoms with Gasteiger partial charge in [0.05, 0.1) is 6.61 Å². The molecule has 0 aromatic rings. The van der Waals surface area contributed by atoms with Gasteiger partial charge in [-0.3, -0.25) is 0 Å². The highest BCUT2D eigenvalue weighted by Crippen LogP contribution is 2.07. The molecule has 0 heterocycles. The second-order valence-electron chi connectivity index (χ2n) is 3.23. The van der Waals surface area contributed by atoms with Crippen molar-refractivity contribution in [2.24, 2.45) is 0 Å². The maximum atomic E-state index is 10.8. The van der Waals surface area contributed by atoms with Gasteiger partial charge >= 0.3 is 5.97 Å². The molecule has 0 amide bonds. The number of esters is 1. The lowest BCUT2D eigenvalue weighted by Crippen LogP contribution is -2.47.